The van der Waals surface area contributed by atoms with E-state index in [1.165, 1.54) is 5.06 Å². The van der Waals surface area contributed by atoms with E-state index in [0.29, 0.717) is 32.0 Å². The van der Waals surface area contributed by atoms with Crippen molar-refractivity contribution in [1.82, 2.24) is 9.96 Å². The summed E-state index contributed by atoms with van der Waals surface area (Å²) in [4.78, 5) is 2.06. The molecule has 108 valence electrons. The molecular formula is C15H20N2O3. The van der Waals surface area contributed by atoms with E-state index >= 15 is 0 Å². The molecular weight excluding hydrogens is 256 g/mol. The van der Waals surface area contributed by atoms with E-state index in [2.05, 4.69) is 4.90 Å². The predicted octanol–water partition coefficient (Wildman–Crippen LogP) is 1.14. The number of nitrogens with zero attached hydrogens (tertiary/aromatic N) is 2. The summed E-state index contributed by atoms with van der Waals surface area (Å²) in [7, 11) is 0. The van der Waals surface area contributed by atoms with Gasteiger partial charge in [-0.25, -0.2) is 5.06 Å². The first-order valence-corrected chi connectivity index (χ1v) is 6.90. The molecule has 0 radical (unpaired) electrons. The number of ether oxygens (including phenoxy) is 1. The SMILES string of the molecule is CC1=C[C@](O)(c2ccccc2)[C@H](N2CCOCC2)N1O. The molecule has 0 aromatic heterocycles. The van der Waals surface area contributed by atoms with Crippen LogP contribution in [0.5, 0.6) is 0 Å². The Morgan fingerprint density at radius 2 is 1.85 bits per heavy atom. The minimum atomic E-state index is -1.21. The van der Waals surface area contributed by atoms with Crippen molar-refractivity contribution in [3.05, 3.63) is 47.7 Å². The molecule has 20 heavy (non-hydrogen) atoms. The molecule has 0 bridgehead atoms. The number of hydroxylamine groups is 2. The molecule has 0 spiro atoms. The summed E-state index contributed by atoms with van der Waals surface area (Å²) in [5.41, 5.74) is 0.234. The van der Waals surface area contributed by atoms with Gasteiger partial charge in [0.2, 0.25) is 0 Å². The Labute approximate surface area is 118 Å². The van der Waals surface area contributed by atoms with Crippen LogP contribution in [0.25, 0.3) is 0 Å². The minimum absolute atomic E-state index is 0.506. The van der Waals surface area contributed by atoms with Crippen LogP contribution >= 0.6 is 0 Å². The third-order valence-electron chi connectivity index (χ3n) is 4.04. The monoisotopic (exact) mass is 276 g/mol. The van der Waals surface area contributed by atoms with Crippen LogP contribution in [-0.2, 0) is 10.3 Å². The van der Waals surface area contributed by atoms with Gasteiger partial charge in [-0.3, -0.25) is 10.1 Å². The van der Waals surface area contributed by atoms with Gasteiger partial charge in [-0.05, 0) is 18.6 Å². The molecule has 2 aliphatic rings. The van der Waals surface area contributed by atoms with Gasteiger partial charge >= 0.3 is 0 Å². The molecule has 1 aromatic rings. The molecule has 1 fully saturated rings. The third kappa shape index (κ3) is 2.13. The Morgan fingerprint density at radius 1 is 1.20 bits per heavy atom. The second-order valence-corrected chi connectivity index (χ2v) is 5.34. The summed E-state index contributed by atoms with van der Waals surface area (Å²) >= 11 is 0. The highest BCUT2D eigenvalue weighted by Gasteiger charge is 2.49. The van der Waals surface area contributed by atoms with E-state index in [4.69, 9.17) is 4.74 Å². The summed E-state index contributed by atoms with van der Waals surface area (Å²) in [6, 6.07) is 9.48. The number of allylic oxidation sites excluding steroid dienone is 1. The first kappa shape index (κ1) is 13.6. The smallest absolute Gasteiger partial charge is 0.146 e. The zero-order chi connectivity index (χ0) is 14.2. The quantitative estimate of drug-likeness (QED) is 0.848. The number of rotatable bonds is 2. The summed E-state index contributed by atoms with van der Waals surface area (Å²) < 4.78 is 5.35. The lowest BCUT2D eigenvalue weighted by atomic mass is 9.91. The van der Waals surface area contributed by atoms with Crippen LogP contribution in [0.15, 0.2) is 42.1 Å². The maximum absolute atomic E-state index is 11.2. The lowest BCUT2D eigenvalue weighted by Crippen LogP contribution is -2.57. The first-order chi connectivity index (χ1) is 9.63. The van der Waals surface area contributed by atoms with Crippen molar-refractivity contribution < 1.29 is 15.1 Å². The number of hydrogen-bond acceptors (Lipinski definition) is 5. The number of aliphatic hydroxyl groups is 1. The van der Waals surface area contributed by atoms with Crippen molar-refractivity contribution in [2.24, 2.45) is 0 Å². The van der Waals surface area contributed by atoms with E-state index in [-0.39, 0.29) is 0 Å². The Bertz CT molecular complexity index is 499. The molecule has 0 aliphatic carbocycles. The highest BCUT2D eigenvalue weighted by molar-refractivity contribution is 5.34. The van der Waals surface area contributed by atoms with Crippen LogP contribution < -0.4 is 0 Å². The summed E-state index contributed by atoms with van der Waals surface area (Å²) in [5.74, 6) is 0. The average molecular weight is 276 g/mol. The molecule has 1 saturated heterocycles. The Hall–Kier alpha value is -1.40. The maximum atomic E-state index is 11.2. The third-order valence-corrected chi connectivity index (χ3v) is 4.04. The fourth-order valence-electron chi connectivity index (χ4n) is 3.03. The fourth-order valence-corrected chi connectivity index (χ4v) is 3.03. The molecule has 2 aliphatic heterocycles. The van der Waals surface area contributed by atoms with Crippen LogP contribution in [0.1, 0.15) is 12.5 Å². The van der Waals surface area contributed by atoms with Crippen LogP contribution in [0.3, 0.4) is 0 Å². The second kappa shape index (κ2) is 5.18. The van der Waals surface area contributed by atoms with Gasteiger partial charge in [0.15, 0.2) is 0 Å². The molecule has 2 heterocycles. The Kier molecular flexibility index (Phi) is 3.52. The second-order valence-electron chi connectivity index (χ2n) is 5.34. The molecule has 5 heteroatoms. The predicted molar refractivity (Wildman–Crippen MR) is 73.9 cm³/mol. The Morgan fingerprint density at radius 3 is 2.50 bits per heavy atom. The van der Waals surface area contributed by atoms with Crippen molar-refractivity contribution in [1.29, 1.82) is 0 Å². The zero-order valence-electron chi connectivity index (χ0n) is 11.6. The number of benzene rings is 1. The standard InChI is InChI=1S/C15H20N2O3/c1-12-11-15(18,13-5-3-2-4-6-13)14(17(12)19)16-7-9-20-10-8-16/h2-6,11,14,18-19H,7-10H2,1H3/t14-,15+/m1/s1. The number of hydrogen-bond donors (Lipinski definition) is 2. The van der Waals surface area contributed by atoms with Crippen LogP contribution in [0.2, 0.25) is 0 Å². The highest BCUT2D eigenvalue weighted by atomic mass is 16.5. The lowest BCUT2D eigenvalue weighted by Gasteiger charge is -2.42. The van der Waals surface area contributed by atoms with E-state index in [9.17, 15) is 10.3 Å². The van der Waals surface area contributed by atoms with Crippen molar-refractivity contribution in [2.45, 2.75) is 18.7 Å². The number of morpholine rings is 1. The molecule has 3 rings (SSSR count). The van der Waals surface area contributed by atoms with E-state index in [0.717, 1.165) is 5.56 Å². The van der Waals surface area contributed by atoms with Crippen molar-refractivity contribution in [3.63, 3.8) is 0 Å². The molecule has 0 unspecified atom stereocenters. The summed E-state index contributed by atoms with van der Waals surface area (Å²) in [5, 5.41) is 22.6. The Balaban J connectivity index is 1.98. The topological polar surface area (TPSA) is 56.2 Å². The molecule has 5 nitrogen and oxygen atoms in total. The molecule has 0 saturated carbocycles. The summed E-state index contributed by atoms with van der Waals surface area (Å²) in [6.45, 7) is 4.42. The molecule has 2 N–H and O–H groups in total. The average Bonchev–Trinajstić information content (AvgIpc) is 2.72. The van der Waals surface area contributed by atoms with Gasteiger partial charge in [0.25, 0.3) is 0 Å². The van der Waals surface area contributed by atoms with E-state index < -0.39 is 11.8 Å². The van der Waals surface area contributed by atoms with Gasteiger partial charge in [0.05, 0.1) is 13.2 Å². The summed E-state index contributed by atoms with van der Waals surface area (Å²) in [6.07, 6.45) is 1.22. The fraction of sp³-hybridized carbons (Fsp3) is 0.467. The lowest BCUT2D eigenvalue weighted by molar-refractivity contribution is -0.195. The molecule has 1 aromatic carbocycles. The highest BCUT2D eigenvalue weighted by Crippen LogP contribution is 2.39. The van der Waals surface area contributed by atoms with Crippen molar-refractivity contribution in [3.8, 4) is 0 Å². The minimum Gasteiger partial charge on any atom is -0.379 e. The van der Waals surface area contributed by atoms with Gasteiger partial charge in [0.1, 0.15) is 11.8 Å². The zero-order valence-corrected chi connectivity index (χ0v) is 11.6. The first-order valence-electron chi connectivity index (χ1n) is 6.90. The van der Waals surface area contributed by atoms with E-state index in [1.807, 2.05) is 30.3 Å². The largest absolute Gasteiger partial charge is 0.379 e. The maximum Gasteiger partial charge on any atom is 0.146 e. The van der Waals surface area contributed by atoms with Gasteiger partial charge in [0, 0.05) is 18.8 Å². The van der Waals surface area contributed by atoms with Crippen LogP contribution in [0, 0.1) is 0 Å². The van der Waals surface area contributed by atoms with Gasteiger partial charge in [-0.1, -0.05) is 30.3 Å². The molecule has 0 amide bonds. The molecule has 2 atom stereocenters. The van der Waals surface area contributed by atoms with Gasteiger partial charge < -0.3 is 9.84 Å². The van der Waals surface area contributed by atoms with E-state index in [1.54, 1.807) is 13.0 Å². The van der Waals surface area contributed by atoms with Crippen molar-refractivity contribution in [2.75, 3.05) is 26.3 Å². The van der Waals surface area contributed by atoms with Gasteiger partial charge in [-0.2, -0.15) is 0 Å². The normalized spacial score (nSPS) is 31.4. The van der Waals surface area contributed by atoms with Crippen LogP contribution in [0.4, 0.5) is 0 Å². The van der Waals surface area contributed by atoms with Gasteiger partial charge in [-0.15, -0.1) is 0 Å². The van der Waals surface area contributed by atoms with Crippen molar-refractivity contribution >= 4 is 0 Å². The van der Waals surface area contributed by atoms with Crippen LogP contribution in [-0.4, -0.2) is 52.7 Å².